The lowest BCUT2D eigenvalue weighted by Gasteiger charge is -2.15. The van der Waals surface area contributed by atoms with Gasteiger partial charge < -0.3 is 10.2 Å². The summed E-state index contributed by atoms with van der Waals surface area (Å²) in [5.74, 6) is -2.55. The number of ketones is 1. The fourth-order valence-electron chi connectivity index (χ4n) is 3.25. The predicted molar refractivity (Wildman–Crippen MR) is 116 cm³/mol. The molecule has 1 heterocycles. The second-order valence-corrected chi connectivity index (χ2v) is 7.08. The maximum absolute atomic E-state index is 12.4. The minimum absolute atomic E-state index is 0.112. The summed E-state index contributed by atoms with van der Waals surface area (Å²) in [6, 6.07) is 16.3. The molecule has 0 saturated carbocycles. The molecule has 1 unspecified atom stereocenters. The summed E-state index contributed by atoms with van der Waals surface area (Å²) in [5, 5.41) is 11.9. The van der Waals surface area contributed by atoms with E-state index in [0.717, 1.165) is 29.7 Å². The van der Waals surface area contributed by atoms with Crippen molar-refractivity contribution in [1.29, 1.82) is 5.26 Å². The number of carbonyl (C=O) groups is 3. The van der Waals surface area contributed by atoms with Gasteiger partial charge in [-0.15, -0.1) is 0 Å². The molecule has 0 aliphatic carbocycles. The summed E-state index contributed by atoms with van der Waals surface area (Å²) in [6.45, 7) is 2.75. The van der Waals surface area contributed by atoms with Crippen LogP contribution in [0.4, 0.5) is 11.4 Å². The molecule has 3 rings (SSSR count). The summed E-state index contributed by atoms with van der Waals surface area (Å²) in [6.07, 6.45) is 5.11. The lowest BCUT2D eigenvalue weighted by Crippen LogP contribution is -2.27. The van der Waals surface area contributed by atoms with Crippen molar-refractivity contribution >= 4 is 35.0 Å². The molecule has 6 heteroatoms. The predicted octanol–water partition coefficient (Wildman–Crippen LogP) is 3.74. The van der Waals surface area contributed by atoms with Crippen LogP contribution in [0.15, 0.2) is 54.6 Å². The van der Waals surface area contributed by atoms with Crippen LogP contribution < -0.4 is 10.2 Å². The maximum atomic E-state index is 12.4. The number of nitrogens with one attached hydrogen (secondary N) is 1. The molecular formula is C24H23N3O3. The Morgan fingerprint density at radius 1 is 1.17 bits per heavy atom. The molecule has 1 fully saturated rings. The second kappa shape index (κ2) is 9.66. The highest BCUT2D eigenvalue weighted by Gasteiger charge is 2.24. The van der Waals surface area contributed by atoms with E-state index in [1.807, 2.05) is 31.2 Å². The maximum Gasteiger partial charge on any atom is 0.249 e. The van der Waals surface area contributed by atoms with Crippen LogP contribution >= 0.6 is 0 Å². The van der Waals surface area contributed by atoms with E-state index < -0.39 is 17.6 Å². The van der Waals surface area contributed by atoms with Crippen molar-refractivity contribution in [1.82, 2.24) is 0 Å². The second-order valence-electron chi connectivity index (χ2n) is 7.08. The van der Waals surface area contributed by atoms with E-state index >= 15 is 0 Å². The van der Waals surface area contributed by atoms with Crippen molar-refractivity contribution in [3.8, 4) is 6.07 Å². The molecular weight excluding hydrogens is 378 g/mol. The fourth-order valence-corrected chi connectivity index (χ4v) is 3.25. The highest BCUT2D eigenvalue weighted by atomic mass is 16.2. The summed E-state index contributed by atoms with van der Waals surface area (Å²) in [5.41, 5.74) is 3.24. The normalized spacial score (nSPS) is 14.5. The van der Waals surface area contributed by atoms with Crippen LogP contribution in [0.1, 0.15) is 30.9 Å². The van der Waals surface area contributed by atoms with Gasteiger partial charge >= 0.3 is 0 Å². The zero-order valence-corrected chi connectivity index (χ0v) is 16.8. The summed E-state index contributed by atoms with van der Waals surface area (Å²) < 4.78 is 0. The third-order valence-electron chi connectivity index (χ3n) is 5.02. The smallest absolute Gasteiger partial charge is 0.249 e. The quantitative estimate of drug-likeness (QED) is 0.565. The molecule has 6 nitrogen and oxygen atoms in total. The average molecular weight is 401 g/mol. The van der Waals surface area contributed by atoms with Gasteiger partial charge in [0.15, 0.2) is 11.7 Å². The Morgan fingerprint density at radius 2 is 1.87 bits per heavy atom. The Balaban J connectivity index is 1.62. The summed E-state index contributed by atoms with van der Waals surface area (Å²) in [7, 11) is 0. The molecule has 1 saturated heterocycles. The minimum atomic E-state index is -1.42. The van der Waals surface area contributed by atoms with Crippen molar-refractivity contribution in [2.75, 3.05) is 16.8 Å². The molecule has 2 aromatic rings. The van der Waals surface area contributed by atoms with Crippen molar-refractivity contribution in [2.45, 2.75) is 26.2 Å². The number of nitrogens with zero attached hydrogens (tertiary/aromatic N) is 2. The van der Waals surface area contributed by atoms with Crippen molar-refractivity contribution in [2.24, 2.45) is 5.92 Å². The Hall–Kier alpha value is -3.72. The van der Waals surface area contributed by atoms with E-state index in [-0.39, 0.29) is 5.91 Å². The van der Waals surface area contributed by atoms with E-state index in [1.54, 1.807) is 41.3 Å². The molecule has 2 amide bonds. The van der Waals surface area contributed by atoms with Crippen molar-refractivity contribution < 1.29 is 14.4 Å². The first-order chi connectivity index (χ1) is 14.5. The van der Waals surface area contributed by atoms with Gasteiger partial charge in [0.1, 0.15) is 0 Å². The fraction of sp³-hybridized carbons (Fsp3) is 0.250. The summed E-state index contributed by atoms with van der Waals surface area (Å²) in [4.78, 5) is 38.3. The molecule has 152 valence electrons. The number of anilines is 2. The number of hydrogen-bond acceptors (Lipinski definition) is 4. The molecule has 2 aromatic carbocycles. The van der Waals surface area contributed by atoms with Gasteiger partial charge in [-0.1, -0.05) is 37.3 Å². The molecule has 1 aliphatic rings. The number of nitriles is 1. The lowest BCUT2D eigenvalue weighted by molar-refractivity contribution is -0.126. The van der Waals surface area contributed by atoms with Crippen LogP contribution in [0.5, 0.6) is 0 Å². The third kappa shape index (κ3) is 5.00. The van der Waals surface area contributed by atoms with Crippen LogP contribution in [-0.2, 0) is 20.8 Å². The van der Waals surface area contributed by atoms with Gasteiger partial charge in [0.2, 0.25) is 11.8 Å². The highest BCUT2D eigenvalue weighted by Crippen LogP contribution is 2.22. The first-order valence-corrected chi connectivity index (χ1v) is 9.93. The lowest BCUT2D eigenvalue weighted by atomic mass is 10.0. The zero-order valence-electron chi connectivity index (χ0n) is 16.8. The Morgan fingerprint density at radius 3 is 2.43 bits per heavy atom. The van der Waals surface area contributed by atoms with E-state index in [9.17, 15) is 19.6 Å². The van der Waals surface area contributed by atoms with Gasteiger partial charge in [-0.05, 0) is 54.3 Å². The third-order valence-corrected chi connectivity index (χ3v) is 5.02. The molecule has 0 aromatic heterocycles. The number of benzene rings is 2. The van der Waals surface area contributed by atoms with Gasteiger partial charge in [0.05, 0.1) is 6.07 Å². The monoisotopic (exact) mass is 401 g/mol. The Kier molecular flexibility index (Phi) is 6.76. The first-order valence-electron chi connectivity index (χ1n) is 9.93. The molecule has 0 bridgehead atoms. The largest absolute Gasteiger partial charge is 0.325 e. The van der Waals surface area contributed by atoms with E-state index in [0.29, 0.717) is 18.7 Å². The van der Waals surface area contributed by atoms with Gasteiger partial charge in [-0.25, -0.2) is 0 Å². The Bertz CT molecular complexity index is 1000. The topological polar surface area (TPSA) is 90.3 Å². The van der Waals surface area contributed by atoms with Crippen LogP contribution in [0, 0.1) is 17.2 Å². The number of allylic oxidation sites excluding steroid dienone is 1. The van der Waals surface area contributed by atoms with E-state index in [2.05, 4.69) is 5.32 Å². The van der Waals surface area contributed by atoms with Gasteiger partial charge in [-0.3, -0.25) is 14.4 Å². The summed E-state index contributed by atoms with van der Waals surface area (Å²) >= 11 is 0. The van der Waals surface area contributed by atoms with Gasteiger partial charge in [0, 0.05) is 24.3 Å². The molecule has 0 radical (unpaired) electrons. The number of hydrogen-bond donors (Lipinski definition) is 1. The number of amides is 2. The SMILES string of the molecule is CCc1ccc(NC(=O)C(C#N)C(=O)/C=C/c2ccc(N3CCCC3=O)cc2)cc1. The first kappa shape index (κ1) is 21.0. The number of rotatable bonds is 7. The average Bonchev–Trinajstić information content (AvgIpc) is 3.19. The van der Waals surface area contributed by atoms with Crippen LogP contribution in [0.3, 0.4) is 0 Å². The van der Waals surface area contributed by atoms with Crippen LogP contribution in [0.2, 0.25) is 0 Å². The Labute approximate surface area is 175 Å². The zero-order chi connectivity index (χ0) is 21.5. The number of carbonyl (C=O) groups excluding carboxylic acids is 3. The van der Waals surface area contributed by atoms with E-state index in [4.69, 9.17) is 0 Å². The van der Waals surface area contributed by atoms with Crippen molar-refractivity contribution in [3.63, 3.8) is 0 Å². The van der Waals surface area contributed by atoms with E-state index in [1.165, 1.54) is 6.08 Å². The van der Waals surface area contributed by atoms with Crippen molar-refractivity contribution in [3.05, 3.63) is 65.7 Å². The highest BCUT2D eigenvalue weighted by molar-refractivity contribution is 6.14. The minimum Gasteiger partial charge on any atom is -0.325 e. The number of aryl methyl sites for hydroxylation is 1. The van der Waals surface area contributed by atoms with Gasteiger partial charge in [0.25, 0.3) is 0 Å². The van der Waals surface area contributed by atoms with Gasteiger partial charge in [-0.2, -0.15) is 5.26 Å². The molecule has 1 N–H and O–H groups in total. The molecule has 0 spiro atoms. The van der Waals surface area contributed by atoms with Crippen LogP contribution in [0.25, 0.3) is 6.08 Å². The molecule has 1 aliphatic heterocycles. The standard InChI is InChI=1S/C24H23N3O3/c1-2-17-5-10-19(11-6-17)26-24(30)21(16-25)22(28)14-9-18-7-12-20(13-8-18)27-15-3-4-23(27)29/h5-14,21H,2-4,15H2,1H3,(H,26,30)/b14-9+. The van der Waals surface area contributed by atoms with Crippen LogP contribution in [-0.4, -0.2) is 24.1 Å². The molecule has 1 atom stereocenters. The molecule has 30 heavy (non-hydrogen) atoms.